The van der Waals surface area contributed by atoms with E-state index in [1.54, 1.807) is 18.2 Å². The van der Waals surface area contributed by atoms with E-state index in [0.717, 1.165) is 12.1 Å². The lowest BCUT2D eigenvalue weighted by Crippen LogP contribution is -2.49. The lowest BCUT2D eigenvalue weighted by molar-refractivity contribution is -0.137. The molecule has 174 valence electrons. The number of nitrogens with zero attached hydrogens (tertiary/aromatic N) is 2. The molecule has 4 rings (SSSR count). The van der Waals surface area contributed by atoms with Crippen molar-refractivity contribution in [3.63, 3.8) is 0 Å². The summed E-state index contributed by atoms with van der Waals surface area (Å²) in [5, 5.41) is 0. The van der Waals surface area contributed by atoms with Gasteiger partial charge in [0.2, 0.25) is 20.0 Å². The molecule has 2 aliphatic rings. The molecule has 2 aromatic carbocycles. The zero-order chi connectivity index (χ0) is 23.1. The summed E-state index contributed by atoms with van der Waals surface area (Å²) in [6.45, 7) is 0.284. The Hall–Kier alpha value is -1.95. The summed E-state index contributed by atoms with van der Waals surface area (Å²) in [6, 6.07) is 11.1. The van der Waals surface area contributed by atoms with E-state index in [9.17, 15) is 30.0 Å². The van der Waals surface area contributed by atoms with Gasteiger partial charge in [0, 0.05) is 25.2 Å². The van der Waals surface area contributed by atoms with E-state index in [2.05, 4.69) is 0 Å². The summed E-state index contributed by atoms with van der Waals surface area (Å²) >= 11 is 0. The second-order valence-electron chi connectivity index (χ2n) is 8.04. The van der Waals surface area contributed by atoms with E-state index in [1.807, 2.05) is 0 Å². The van der Waals surface area contributed by atoms with Crippen LogP contribution in [0.2, 0.25) is 0 Å². The first-order valence-electron chi connectivity index (χ1n) is 10.3. The lowest BCUT2D eigenvalue weighted by Gasteiger charge is -2.37. The van der Waals surface area contributed by atoms with Gasteiger partial charge in [-0.3, -0.25) is 0 Å². The summed E-state index contributed by atoms with van der Waals surface area (Å²) < 4.78 is 94.3. The number of halogens is 3. The Labute approximate surface area is 185 Å². The van der Waals surface area contributed by atoms with Gasteiger partial charge in [-0.05, 0) is 56.0 Å². The minimum atomic E-state index is -4.65. The molecular weight excluding hydrogens is 465 g/mol. The summed E-state index contributed by atoms with van der Waals surface area (Å²) in [6.07, 6.45) is -2.81. The zero-order valence-electron chi connectivity index (χ0n) is 17.1. The smallest absolute Gasteiger partial charge is 0.207 e. The van der Waals surface area contributed by atoms with Crippen molar-refractivity contribution < 1.29 is 30.0 Å². The second kappa shape index (κ2) is 8.44. The van der Waals surface area contributed by atoms with Crippen LogP contribution in [0.3, 0.4) is 0 Å². The first-order valence-corrected chi connectivity index (χ1v) is 13.2. The molecule has 0 amide bonds. The van der Waals surface area contributed by atoms with Gasteiger partial charge in [0.15, 0.2) is 0 Å². The number of rotatable bonds is 6. The van der Waals surface area contributed by atoms with Gasteiger partial charge in [-0.15, -0.1) is 0 Å². The average molecular weight is 489 g/mol. The predicted octanol–water partition coefficient (Wildman–Crippen LogP) is 3.71. The summed E-state index contributed by atoms with van der Waals surface area (Å²) in [5.74, 6) is 0. The summed E-state index contributed by atoms with van der Waals surface area (Å²) in [4.78, 5) is -0.215. The van der Waals surface area contributed by atoms with E-state index in [-0.39, 0.29) is 36.9 Å². The van der Waals surface area contributed by atoms with Gasteiger partial charge in [-0.25, -0.2) is 16.8 Å². The van der Waals surface area contributed by atoms with Crippen LogP contribution >= 0.6 is 0 Å². The normalized spacial score (nSPS) is 19.4. The topological polar surface area (TPSA) is 74.8 Å². The molecule has 0 unspecified atom stereocenters. The molecule has 0 radical (unpaired) electrons. The fourth-order valence-electron chi connectivity index (χ4n) is 4.05. The van der Waals surface area contributed by atoms with Crippen LogP contribution in [0.25, 0.3) is 0 Å². The molecule has 1 saturated heterocycles. The molecular formula is C21H23F3N2O4S2. The minimum absolute atomic E-state index is 0.142. The Balaban J connectivity index is 1.55. The van der Waals surface area contributed by atoms with Crippen molar-refractivity contribution in [1.82, 2.24) is 8.61 Å². The molecule has 0 N–H and O–H groups in total. The molecule has 2 aromatic rings. The van der Waals surface area contributed by atoms with E-state index in [1.165, 1.54) is 26.8 Å². The molecule has 2 fully saturated rings. The molecule has 0 aromatic heterocycles. The summed E-state index contributed by atoms with van der Waals surface area (Å²) in [5.41, 5.74) is -1.02. The van der Waals surface area contributed by atoms with Gasteiger partial charge in [-0.2, -0.15) is 21.8 Å². The molecule has 32 heavy (non-hydrogen) atoms. The fraction of sp³-hybridized carbons (Fsp3) is 0.429. The van der Waals surface area contributed by atoms with Crippen molar-refractivity contribution in [2.24, 2.45) is 0 Å². The quantitative estimate of drug-likeness (QED) is 0.621. The number of sulfonamides is 2. The van der Waals surface area contributed by atoms with E-state index in [4.69, 9.17) is 0 Å². The SMILES string of the molecule is O=S(=O)(c1ccccc1)N1CCC(N(C2CC2)S(=O)(=O)c2cccc(C(F)(F)F)c2)CC1. The van der Waals surface area contributed by atoms with Gasteiger partial charge in [0.1, 0.15) is 0 Å². The fourth-order valence-corrected chi connectivity index (χ4v) is 7.52. The van der Waals surface area contributed by atoms with E-state index in [0.29, 0.717) is 18.9 Å². The molecule has 6 nitrogen and oxygen atoms in total. The number of piperidine rings is 1. The number of hydrogen-bond acceptors (Lipinski definition) is 4. The molecule has 1 aliphatic carbocycles. The van der Waals surface area contributed by atoms with Crippen molar-refractivity contribution in [3.05, 3.63) is 60.2 Å². The monoisotopic (exact) mass is 488 g/mol. The van der Waals surface area contributed by atoms with E-state index < -0.39 is 42.7 Å². The molecule has 11 heteroatoms. The van der Waals surface area contributed by atoms with E-state index >= 15 is 0 Å². The molecule has 0 atom stereocenters. The van der Waals surface area contributed by atoms with Crippen molar-refractivity contribution in [2.75, 3.05) is 13.1 Å². The Bertz CT molecular complexity index is 1170. The van der Waals surface area contributed by atoms with Crippen LogP contribution in [0.15, 0.2) is 64.4 Å². The van der Waals surface area contributed by atoms with Gasteiger partial charge < -0.3 is 0 Å². The third-order valence-corrected chi connectivity index (χ3v) is 9.72. The third kappa shape index (κ3) is 4.57. The summed E-state index contributed by atoms with van der Waals surface area (Å²) in [7, 11) is -7.85. The van der Waals surface area contributed by atoms with Gasteiger partial charge in [0.05, 0.1) is 15.4 Å². The van der Waals surface area contributed by atoms with Crippen molar-refractivity contribution >= 4 is 20.0 Å². The molecule has 1 heterocycles. The maximum atomic E-state index is 13.3. The maximum Gasteiger partial charge on any atom is 0.416 e. The highest BCUT2D eigenvalue weighted by Crippen LogP contribution is 2.38. The Morgan fingerprint density at radius 3 is 1.91 bits per heavy atom. The Kier molecular flexibility index (Phi) is 6.12. The third-order valence-electron chi connectivity index (χ3n) is 5.81. The number of hydrogen-bond donors (Lipinski definition) is 0. The molecule has 0 spiro atoms. The molecule has 0 bridgehead atoms. The number of benzene rings is 2. The standard InChI is InChI=1S/C21H23F3N2O4S2/c22-21(23,24)16-5-4-8-20(15-16)32(29,30)26(17-9-10-17)18-11-13-25(14-12-18)31(27,28)19-6-2-1-3-7-19/h1-8,15,17-18H,9-14H2. The predicted molar refractivity (Wildman–Crippen MR) is 112 cm³/mol. The number of alkyl halides is 3. The highest BCUT2D eigenvalue weighted by Gasteiger charge is 2.45. The molecule has 1 saturated carbocycles. The van der Waals surface area contributed by atoms with Gasteiger partial charge >= 0.3 is 6.18 Å². The van der Waals surface area contributed by atoms with Crippen LogP contribution in [-0.2, 0) is 26.2 Å². The lowest BCUT2D eigenvalue weighted by atomic mass is 10.1. The van der Waals surface area contributed by atoms with Crippen LogP contribution < -0.4 is 0 Å². The first kappa shape index (κ1) is 23.2. The molecule has 1 aliphatic heterocycles. The highest BCUT2D eigenvalue weighted by molar-refractivity contribution is 7.89. The van der Waals surface area contributed by atoms with Crippen molar-refractivity contribution in [3.8, 4) is 0 Å². The van der Waals surface area contributed by atoms with Crippen LogP contribution in [-0.4, -0.2) is 50.6 Å². The van der Waals surface area contributed by atoms with Gasteiger partial charge in [0.25, 0.3) is 0 Å². The van der Waals surface area contributed by atoms with Crippen molar-refractivity contribution in [2.45, 2.75) is 53.7 Å². The van der Waals surface area contributed by atoms with Crippen molar-refractivity contribution in [1.29, 1.82) is 0 Å². The van der Waals surface area contributed by atoms with Crippen LogP contribution in [0.1, 0.15) is 31.2 Å². The zero-order valence-corrected chi connectivity index (χ0v) is 18.7. The Morgan fingerprint density at radius 2 is 1.34 bits per heavy atom. The Morgan fingerprint density at radius 1 is 0.781 bits per heavy atom. The first-order chi connectivity index (χ1) is 15.0. The van der Waals surface area contributed by atoms with Crippen LogP contribution in [0, 0.1) is 0 Å². The van der Waals surface area contributed by atoms with Crippen LogP contribution in [0.5, 0.6) is 0 Å². The average Bonchev–Trinajstić information content (AvgIpc) is 3.59. The largest absolute Gasteiger partial charge is 0.416 e. The minimum Gasteiger partial charge on any atom is -0.207 e. The van der Waals surface area contributed by atoms with Gasteiger partial charge in [-0.1, -0.05) is 24.3 Å². The highest BCUT2D eigenvalue weighted by atomic mass is 32.2. The van der Waals surface area contributed by atoms with Crippen LogP contribution in [0.4, 0.5) is 13.2 Å². The maximum absolute atomic E-state index is 13.3. The second-order valence-corrected chi connectivity index (χ2v) is 11.8.